The van der Waals surface area contributed by atoms with Crippen LogP contribution in [0.25, 0.3) is 73.0 Å². The molecule has 0 saturated carbocycles. The van der Waals surface area contributed by atoms with Crippen LogP contribution in [0.4, 0.5) is 28.1 Å². The summed E-state index contributed by atoms with van der Waals surface area (Å²) >= 11 is 5.82. The van der Waals surface area contributed by atoms with Gasteiger partial charge in [-0.15, -0.1) is 29.1 Å². The van der Waals surface area contributed by atoms with Gasteiger partial charge in [0.1, 0.15) is 28.3 Å². The minimum absolute atomic E-state index is 0. The molecule has 15 N–H and O–H groups in total. The van der Waals surface area contributed by atoms with E-state index in [9.17, 15) is 23.4 Å². The van der Waals surface area contributed by atoms with Crippen LogP contribution in [0, 0.1) is 6.57 Å². The highest BCUT2D eigenvalue weighted by Gasteiger charge is 2.27. The van der Waals surface area contributed by atoms with Gasteiger partial charge in [0.25, 0.3) is 17.6 Å². The van der Waals surface area contributed by atoms with Crippen LogP contribution in [0.1, 0.15) is 138 Å². The summed E-state index contributed by atoms with van der Waals surface area (Å²) in [5.41, 5.74) is 43.2. The van der Waals surface area contributed by atoms with Gasteiger partial charge < -0.3 is 46.2 Å². The standard InChI is InChI=1S/2C18H17N5O2.C13H12N2OS.C12H9ClN2.C12H12N4.C8H12N2O2.C6H9N3O2.C2H6O.2CH4.FH.HI.H4N2.H2/c1-2-25-17(24)14-10-23(22-16(14)19)18-20-9-12-8-7-11-5-3-4-6-13(11)15(12)21-18;1-2-25-17(24)14-10-21-23(16(14)19)18-20-9-12-8-7-11-5-3-4-6-13(11)15(12)22-18;1-17(16)13-14-8-10-7-6-9-4-2-3-5-11(9)12(10)15-13;13-12-14-7-9-6-5-8-3-1-2-4-10(8)11(9)15-12;13-16-12-14-7-9-6-5-8-3-1-2-4-10(8)11(9)15-12;1-5-12-8(11)7(9-2)6-10(3)4;1-2-11-6(10)4-3-8-9-5(4)7;1-2-3;;;;;1-2;/h3-6,9-10H,2,7-8H2,1H3,(H2,19,22);3-6,9-10H,2,7-8,19H2,1H3;2-5,8H,6-7H2,1H3;1-4,7H,5-6H2;1-4,7H,5-6,13H2,(H,14,15,16);6H,5H2,1,3-4H3;3H,2H2,1H3,(H3,7,8,9);3H,2H2,1H3;2*1H4;2*1H;1-2H2;1H/b;;;;;7-6-;;;;;;;;. The largest absolute Gasteiger partial charge is 0.471 e. The molecule has 686 valence electrons. The molecule has 0 aliphatic heterocycles. The lowest BCUT2D eigenvalue weighted by Crippen LogP contribution is -2.13. The van der Waals surface area contributed by atoms with Crippen molar-refractivity contribution in [3.05, 3.63) is 272 Å². The SMILES string of the molecule is C.C.CCO.CCOC(=O)c1cn(-c2ncc3c(n2)-c2ccccc2CC3)nc1N.CCOC(=O)c1cn[nH]c1N.CCOC(=O)c1cnn(-c2ncc3c(n2)-c2ccccc2CC3)c1N.CS(=O)c1ncc2c(n1)-c1ccccc1CC2.Clc1ncc2c(n1)-c1ccccc1CC2.F.I.NN.NNc1ncc2c(n1)-c1ccccc1CC2.[C-]#[N+]/C(=C\N(C)C)C(=O)OCC.[HH]. The van der Waals surface area contributed by atoms with Gasteiger partial charge in [-0.1, -0.05) is 136 Å². The Morgan fingerprint density at radius 3 is 1.32 bits per heavy atom. The van der Waals surface area contributed by atoms with Gasteiger partial charge in [-0.25, -0.2) is 79.6 Å². The van der Waals surface area contributed by atoms with Crippen molar-refractivity contribution in [1.82, 2.24) is 84.5 Å². The van der Waals surface area contributed by atoms with Crippen LogP contribution in [0.5, 0.6) is 0 Å². The number of anilines is 4. The van der Waals surface area contributed by atoms with Gasteiger partial charge in [0, 0.05) is 93.4 Å². The first-order valence-electron chi connectivity index (χ1n) is 40.2. The minimum Gasteiger partial charge on any atom is -0.471 e. The highest BCUT2D eigenvalue weighted by atomic mass is 127. The molecule has 0 bridgehead atoms. The van der Waals surface area contributed by atoms with Crippen LogP contribution >= 0.6 is 35.6 Å². The third kappa shape index (κ3) is 26.7. The number of nitrogens with zero attached hydrogens (tertiary/aromatic N) is 17. The number of aromatic amines is 1. The third-order valence-electron chi connectivity index (χ3n) is 19.4. The van der Waals surface area contributed by atoms with E-state index in [4.69, 9.17) is 55.8 Å². The molecule has 1 atom stereocenters. The monoisotopic (exact) mass is 1930 g/mol. The molecule has 35 nitrogen and oxygen atoms in total. The summed E-state index contributed by atoms with van der Waals surface area (Å²) in [4.78, 5) is 94.0. The molecule has 8 heterocycles. The first-order chi connectivity index (χ1) is 61.1. The Morgan fingerprint density at radius 2 is 0.908 bits per heavy atom. The van der Waals surface area contributed by atoms with Crippen LogP contribution < -0.4 is 40.2 Å². The van der Waals surface area contributed by atoms with Crippen molar-refractivity contribution in [2.24, 2.45) is 17.5 Å². The van der Waals surface area contributed by atoms with Crippen LogP contribution in [0.15, 0.2) is 188 Å². The van der Waals surface area contributed by atoms with E-state index < -0.39 is 34.7 Å². The zero-order valence-corrected chi connectivity index (χ0v) is 75.5. The topological polar surface area (TPSA) is 511 Å². The smallest absolute Gasteiger partial charge is 0.343 e. The number of halogens is 3. The summed E-state index contributed by atoms with van der Waals surface area (Å²) in [6.45, 7) is 16.7. The Bertz CT molecular complexity index is 6080. The molecule has 0 saturated heterocycles. The maximum atomic E-state index is 11.9. The second-order valence-corrected chi connectivity index (χ2v) is 29.4. The number of carbonyl (C=O) groups excluding carboxylic acids is 4. The Balaban J connectivity index is 0.000000271. The van der Waals surface area contributed by atoms with Crippen LogP contribution in [0.3, 0.4) is 0 Å². The van der Waals surface area contributed by atoms with Gasteiger partial charge >= 0.3 is 23.9 Å². The number of nitrogens with two attached hydrogens (primary N) is 6. The molecular weight excluding hydrogens is 1820 g/mol. The number of nitrogen functional groups attached to an aromatic ring is 4. The minimum atomic E-state index is -1.13. The van der Waals surface area contributed by atoms with Crippen molar-refractivity contribution in [3.63, 3.8) is 0 Å². The second kappa shape index (κ2) is 51.8. The van der Waals surface area contributed by atoms with E-state index in [1.54, 1.807) is 66.1 Å². The number of hydrogen-bond acceptors (Lipinski definition) is 31. The van der Waals surface area contributed by atoms with E-state index >= 15 is 0 Å². The normalized spacial score (nSPS) is 11.7. The summed E-state index contributed by atoms with van der Waals surface area (Å²) in [6, 6.07) is 41.3. The summed E-state index contributed by atoms with van der Waals surface area (Å²) < 4.78 is 33.5. The van der Waals surface area contributed by atoms with E-state index in [-0.39, 0.29) is 105 Å². The van der Waals surface area contributed by atoms with E-state index in [0.717, 1.165) is 126 Å². The Kier molecular flexibility index (Phi) is 41.9. The fourth-order valence-corrected chi connectivity index (χ4v) is 14.2. The highest BCUT2D eigenvalue weighted by Crippen LogP contribution is 2.37. The number of fused-ring (bicyclic) bond motifs is 15. The van der Waals surface area contributed by atoms with Crippen molar-refractivity contribution in [2.75, 3.05) is 76.0 Å². The predicted molar refractivity (Wildman–Crippen MR) is 513 cm³/mol. The molecule has 8 aromatic heterocycles. The molecule has 0 amide bonds. The first-order valence-corrected chi connectivity index (χ1v) is 42.1. The number of aryl methyl sites for hydroxylation is 10. The molecule has 1 unspecified atom stereocenters. The Hall–Kier alpha value is -13.8. The molecule has 13 aromatic rings. The Morgan fingerprint density at radius 1 is 0.538 bits per heavy atom. The van der Waals surface area contributed by atoms with Crippen molar-refractivity contribution in [1.29, 1.82) is 0 Å². The molecule has 5 aliphatic carbocycles. The molecule has 0 spiro atoms. The van der Waals surface area contributed by atoms with Gasteiger partial charge in [0.2, 0.25) is 16.4 Å². The number of esters is 4. The molecule has 0 fully saturated rings. The predicted octanol–water partition coefficient (Wildman–Crippen LogP) is 12.9. The van der Waals surface area contributed by atoms with Crippen molar-refractivity contribution in [3.8, 4) is 68.2 Å². The third-order valence-corrected chi connectivity index (χ3v) is 20.3. The van der Waals surface area contributed by atoms with Crippen molar-refractivity contribution in [2.45, 2.75) is 119 Å². The molecule has 130 heavy (non-hydrogen) atoms. The van der Waals surface area contributed by atoms with E-state index in [2.05, 4.69) is 174 Å². The average Bonchev–Trinajstić information content (AvgIpc) is 1.62. The van der Waals surface area contributed by atoms with Crippen molar-refractivity contribution >= 4 is 93.7 Å². The van der Waals surface area contributed by atoms with Crippen LogP contribution in [-0.4, -0.2) is 171 Å². The number of H-pyrrole nitrogens is 1. The number of carbonyl (C=O) groups is 4. The quantitative estimate of drug-likeness (QED) is 0.00756. The number of aliphatic hydroxyl groups excluding tert-OH is 1. The number of ether oxygens (including phenoxy) is 4. The summed E-state index contributed by atoms with van der Waals surface area (Å²) in [7, 11) is 2.35. The van der Waals surface area contributed by atoms with E-state index in [0.29, 0.717) is 41.5 Å². The Labute approximate surface area is 779 Å². The lowest BCUT2D eigenvalue weighted by atomic mass is 9.90. The number of benzene rings is 5. The number of aromatic nitrogens is 16. The maximum absolute atomic E-state index is 11.9. The number of rotatable bonds is 13. The number of hydrogen-bond donors (Lipinski definition) is 9. The van der Waals surface area contributed by atoms with Crippen LogP contribution in [-0.2, 0) is 98.7 Å². The van der Waals surface area contributed by atoms with E-state index in [1.165, 1.54) is 84.2 Å². The molecule has 5 aliphatic rings. The first kappa shape index (κ1) is 105. The number of aliphatic hydroxyl groups is 1. The zero-order valence-electron chi connectivity index (χ0n) is 71.6. The maximum Gasteiger partial charge on any atom is 0.343 e. The summed E-state index contributed by atoms with van der Waals surface area (Å²) in [6.07, 6.45) is 26.3. The molecule has 39 heteroatoms. The fraction of sp³-hybridized carbons (Fsp3) is 0.275. The summed E-state index contributed by atoms with van der Waals surface area (Å²) in [5.74, 6) is 13.0. The lowest BCUT2D eigenvalue weighted by Gasteiger charge is -2.18. The average molecular weight is 1930 g/mol. The van der Waals surface area contributed by atoms with Crippen molar-refractivity contribution < 1.29 is 53.6 Å². The van der Waals surface area contributed by atoms with Crippen LogP contribution in [0.2, 0.25) is 5.28 Å². The zero-order chi connectivity index (χ0) is 90.3. The molecular formula is C91H110ClFIN25O10S. The second-order valence-electron chi connectivity index (χ2n) is 27.8. The fourth-order valence-electron chi connectivity index (χ4n) is 13.7. The van der Waals surface area contributed by atoms with Gasteiger partial charge in [0.15, 0.2) is 5.82 Å². The molecule has 5 aromatic carbocycles. The van der Waals surface area contributed by atoms with Gasteiger partial charge in [0.05, 0.1) is 90.9 Å². The molecule has 18 rings (SSSR count). The number of nitrogens with one attached hydrogen (secondary N) is 2. The summed E-state index contributed by atoms with van der Waals surface area (Å²) in [5, 5.41) is 22.6. The van der Waals surface area contributed by atoms with Gasteiger partial charge in [-0.05, 0) is 166 Å². The van der Waals surface area contributed by atoms with Gasteiger partial charge in [-0.2, -0.15) is 14.9 Å². The van der Waals surface area contributed by atoms with E-state index in [1.807, 2.05) is 73.3 Å². The lowest BCUT2D eigenvalue weighted by molar-refractivity contribution is -0.138. The van der Waals surface area contributed by atoms with Gasteiger partial charge in [-0.3, -0.25) is 35.9 Å². The molecule has 0 radical (unpaired) electrons. The number of hydrazine groups is 2. The highest BCUT2D eigenvalue weighted by molar-refractivity contribution is 14.0.